The van der Waals surface area contributed by atoms with Crippen LogP contribution in [-0.2, 0) is 14.3 Å². The topological polar surface area (TPSA) is 75.6 Å². The number of amides is 1. The number of nitrogens with one attached hydrogen (secondary N) is 1. The predicted octanol–water partition coefficient (Wildman–Crippen LogP) is 0.781. The maximum absolute atomic E-state index is 11.3. The third-order valence-electron chi connectivity index (χ3n) is 1.95. The highest BCUT2D eigenvalue weighted by molar-refractivity contribution is 5.81. The fourth-order valence-electron chi connectivity index (χ4n) is 0.958. The SMILES string of the molecule is CCCCNC(=O)C(C)OC(C)C(=O)O. The van der Waals surface area contributed by atoms with Crippen LogP contribution in [0.2, 0.25) is 0 Å². The molecule has 0 aliphatic carbocycles. The van der Waals surface area contributed by atoms with Crippen LogP contribution in [0.1, 0.15) is 33.6 Å². The Bertz CT molecular complexity index is 217. The molecular formula is C10H19NO4. The molecule has 0 bridgehead atoms. The number of carbonyl (C=O) groups is 2. The van der Waals surface area contributed by atoms with Gasteiger partial charge in [-0.3, -0.25) is 4.79 Å². The summed E-state index contributed by atoms with van der Waals surface area (Å²) in [5.41, 5.74) is 0. The quantitative estimate of drug-likeness (QED) is 0.618. The van der Waals surface area contributed by atoms with Crippen molar-refractivity contribution in [2.45, 2.75) is 45.8 Å². The van der Waals surface area contributed by atoms with Crippen LogP contribution in [0.15, 0.2) is 0 Å². The van der Waals surface area contributed by atoms with Crippen molar-refractivity contribution in [3.05, 3.63) is 0 Å². The zero-order valence-corrected chi connectivity index (χ0v) is 9.45. The van der Waals surface area contributed by atoms with E-state index in [-0.39, 0.29) is 5.91 Å². The van der Waals surface area contributed by atoms with E-state index in [1.165, 1.54) is 6.92 Å². The lowest BCUT2D eigenvalue weighted by molar-refractivity contribution is -0.155. The molecule has 2 N–H and O–H groups in total. The van der Waals surface area contributed by atoms with E-state index in [9.17, 15) is 9.59 Å². The molecule has 2 atom stereocenters. The second-order valence-corrected chi connectivity index (χ2v) is 3.40. The number of hydrogen-bond acceptors (Lipinski definition) is 3. The number of carboxylic acid groups (broad SMARTS) is 1. The number of hydrogen-bond donors (Lipinski definition) is 2. The van der Waals surface area contributed by atoms with Crippen molar-refractivity contribution in [1.29, 1.82) is 0 Å². The van der Waals surface area contributed by atoms with Gasteiger partial charge in [0.25, 0.3) is 0 Å². The molecule has 15 heavy (non-hydrogen) atoms. The first-order valence-corrected chi connectivity index (χ1v) is 5.15. The van der Waals surface area contributed by atoms with Crippen LogP contribution in [-0.4, -0.2) is 35.7 Å². The van der Waals surface area contributed by atoms with E-state index in [4.69, 9.17) is 9.84 Å². The van der Waals surface area contributed by atoms with Gasteiger partial charge < -0.3 is 15.2 Å². The standard InChI is InChI=1S/C10H19NO4/c1-4-5-6-11-9(12)7(2)15-8(3)10(13)14/h7-8H,4-6H2,1-3H3,(H,11,12)(H,13,14). The van der Waals surface area contributed by atoms with Crippen molar-refractivity contribution in [3.8, 4) is 0 Å². The summed E-state index contributed by atoms with van der Waals surface area (Å²) in [7, 11) is 0. The Kier molecular flexibility index (Phi) is 6.70. The molecule has 0 saturated heterocycles. The molecular weight excluding hydrogens is 198 g/mol. The van der Waals surface area contributed by atoms with Crippen LogP contribution < -0.4 is 5.32 Å². The van der Waals surface area contributed by atoms with Gasteiger partial charge in [-0.15, -0.1) is 0 Å². The normalized spacial score (nSPS) is 14.3. The van der Waals surface area contributed by atoms with E-state index in [1.807, 2.05) is 6.92 Å². The fraction of sp³-hybridized carbons (Fsp3) is 0.800. The minimum absolute atomic E-state index is 0.267. The first kappa shape index (κ1) is 13.9. The van der Waals surface area contributed by atoms with E-state index >= 15 is 0 Å². The van der Waals surface area contributed by atoms with Crippen LogP contribution in [0.3, 0.4) is 0 Å². The van der Waals surface area contributed by atoms with Gasteiger partial charge in [-0.25, -0.2) is 4.79 Å². The van der Waals surface area contributed by atoms with Crippen LogP contribution in [0, 0.1) is 0 Å². The van der Waals surface area contributed by atoms with E-state index in [0.29, 0.717) is 6.54 Å². The molecule has 0 aromatic carbocycles. The lowest BCUT2D eigenvalue weighted by Gasteiger charge is -2.15. The average molecular weight is 217 g/mol. The van der Waals surface area contributed by atoms with Crippen LogP contribution in [0.5, 0.6) is 0 Å². The summed E-state index contributed by atoms with van der Waals surface area (Å²) in [6, 6.07) is 0. The Labute approximate surface area is 89.8 Å². The molecule has 88 valence electrons. The Hall–Kier alpha value is -1.10. The Morgan fingerprint density at radius 2 is 1.93 bits per heavy atom. The smallest absolute Gasteiger partial charge is 0.332 e. The first-order valence-electron chi connectivity index (χ1n) is 5.15. The van der Waals surface area contributed by atoms with Crippen molar-refractivity contribution in [2.75, 3.05) is 6.54 Å². The summed E-state index contributed by atoms with van der Waals surface area (Å²) in [5.74, 6) is -1.33. The molecule has 0 heterocycles. The van der Waals surface area contributed by atoms with E-state index in [1.54, 1.807) is 6.92 Å². The zero-order chi connectivity index (χ0) is 11.8. The van der Waals surface area contributed by atoms with E-state index in [0.717, 1.165) is 12.8 Å². The van der Waals surface area contributed by atoms with Gasteiger partial charge in [0.05, 0.1) is 0 Å². The highest BCUT2D eigenvalue weighted by Crippen LogP contribution is 1.98. The van der Waals surface area contributed by atoms with Crippen molar-refractivity contribution in [3.63, 3.8) is 0 Å². The van der Waals surface area contributed by atoms with Gasteiger partial charge in [0, 0.05) is 6.54 Å². The third-order valence-corrected chi connectivity index (χ3v) is 1.95. The minimum Gasteiger partial charge on any atom is -0.479 e. The molecule has 5 nitrogen and oxygen atoms in total. The largest absolute Gasteiger partial charge is 0.479 e. The highest BCUT2D eigenvalue weighted by Gasteiger charge is 2.19. The molecule has 1 amide bonds. The second kappa shape index (κ2) is 7.23. The summed E-state index contributed by atoms with van der Waals surface area (Å²) in [5, 5.41) is 11.2. The molecule has 0 radical (unpaired) electrons. The zero-order valence-electron chi connectivity index (χ0n) is 9.45. The molecule has 0 saturated carbocycles. The van der Waals surface area contributed by atoms with Crippen molar-refractivity contribution >= 4 is 11.9 Å². The second-order valence-electron chi connectivity index (χ2n) is 3.40. The Morgan fingerprint density at radius 3 is 2.40 bits per heavy atom. The molecule has 0 aromatic heterocycles. The van der Waals surface area contributed by atoms with Crippen LogP contribution >= 0.6 is 0 Å². The number of carbonyl (C=O) groups excluding carboxylic acids is 1. The molecule has 5 heteroatoms. The van der Waals surface area contributed by atoms with Gasteiger partial charge in [0.2, 0.25) is 5.91 Å². The molecule has 0 fully saturated rings. The number of unbranched alkanes of at least 4 members (excludes halogenated alkanes) is 1. The van der Waals surface area contributed by atoms with Crippen LogP contribution in [0.4, 0.5) is 0 Å². The number of rotatable bonds is 7. The average Bonchev–Trinajstić information content (AvgIpc) is 2.17. The minimum atomic E-state index is -1.07. The predicted molar refractivity (Wildman–Crippen MR) is 55.6 cm³/mol. The number of aliphatic carboxylic acids is 1. The molecule has 0 aromatic rings. The molecule has 0 spiro atoms. The molecule has 0 rings (SSSR count). The van der Waals surface area contributed by atoms with Gasteiger partial charge in [0.1, 0.15) is 6.10 Å². The van der Waals surface area contributed by atoms with E-state index < -0.39 is 18.2 Å². The first-order chi connectivity index (χ1) is 6.99. The summed E-state index contributed by atoms with van der Waals surface area (Å²) in [6.45, 7) is 5.57. The summed E-state index contributed by atoms with van der Waals surface area (Å²) >= 11 is 0. The van der Waals surface area contributed by atoms with Gasteiger partial charge >= 0.3 is 5.97 Å². The monoisotopic (exact) mass is 217 g/mol. The Morgan fingerprint density at radius 1 is 1.33 bits per heavy atom. The maximum atomic E-state index is 11.3. The summed E-state index contributed by atoms with van der Waals surface area (Å²) < 4.78 is 4.99. The lowest BCUT2D eigenvalue weighted by Crippen LogP contribution is -2.38. The molecule has 0 aliphatic heterocycles. The van der Waals surface area contributed by atoms with Crippen molar-refractivity contribution in [1.82, 2.24) is 5.32 Å². The van der Waals surface area contributed by atoms with Crippen molar-refractivity contribution < 1.29 is 19.4 Å². The third kappa shape index (κ3) is 6.06. The van der Waals surface area contributed by atoms with Gasteiger partial charge in [-0.1, -0.05) is 13.3 Å². The highest BCUT2D eigenvalue weighted by atomic mass is 16.5. The fourth-order valence-corrected chi connectivity index (χ4v) is 0.958. The molecule has 2 unspecified atom stereocenters. The summed E-state index contributed by atoms with van der Waals surface area (Å²) in [4.78, 5) is 21.8. The van der Waals surface area contributed by atoms with Gasteiger partial charge in [0.15, 0.2) is 6.10 Å². The lowest BCUT2D eigenvalue weighted by atomic mass is 10.3. The molecule has 0 aliphatic rings. The van der Waals surface area contributed by atoms with Crippen LogP contribution in [0.25, 0.3) is 0 Å². The van der Waals surface area contributed by atoms with Gasteiger partial charge in [-0.05, 0) is 20.3 Å². The van der Waals surface area contributed by atoms with Gasteiger partial charge in [-0.2, -0.15) is 0 Å². The Balaban J connectivity index is 3.83. The van der Waals surface area contributed by atoms with Crippen molar-refractivity contribution in [2.24, 2.45) is 0 Å². The maximum Gasteiger partial charge on any atom is 0.332 e. The number of ether oxygens (including phenoxy) is 1. The number of carboxylic acids is 1. The summed E-state index contributed by atoms with van der Waals surface area (Å²) in [6.07, 6.45) is 0.221. The van der Waals surface area contributed by atoms with E-state index in [2.05, 4.69) is 5.32 Å².